The molecule has 2 aromatic heterocycles. The molecule has 1 aliphatic rings. The molecule has 0 saturated carbocycles. The van der Waals surface area contributed by atoms with Crippen molar-refractivity contribution in [3.63, 3.8) is 0 Å². The molecule has 0 unspecified atom stereocenters. The molecule has 0 bridgehead atoms. The largest absolute Gasteiger partial charge is 0.440 e. The lowest BCUT2D eigenvalue weighted by Crippen LogP contribution is -2.46. The minimum atomic E-state index is -0.185. The molecule has 0 spiro atoms. The number of carbonyl (C=O) groups excluding carboxylic acids is 1. The first kappa shape index (κ1) is 16.2. The van der Waals surface area contributed by atoms with Gasteiger partial charge in [-0.1, -0.05) is 6.07 Å². The number of nitrogens with zero attached hydrogens (tertiary/aromatic N) is 2. The molecule has 0 aliphatic carbocycles. The first-order valence-electron chi connectivity index (χ1n) is 7.76. The number of morpholine rings is 1. The molecule has 1 aliphatic heterocycles. The average Bonchev–Trinajstić information content (AvgIpc) is 3.17. The molecule has 23 heavy (non-hydrogen) atoms. The third-order valence-corrected chi connectivity index (χ3v) is 4.61. The highest BCUT2D eigenvalue weighted by Crippen LogP contribution is 2.25. The van der Waals surface area contributed by atoms with E-state index in [1.54, 1.807) is 18.3 Å². The van der Waals surface area contributed by atoms with E-state index in [4.69, 9.17) is 9.15 Å². The smallest absolute Gasteiger partial charge is 0.273 e. The number of aromatic nitrogens is 1. The van der Waals surface area contributed by atoms with E-state index in [0.29, 0.717) is 17.3 Å². The summed E-state index contributed by atoms with van der Waals surface area (Å²) in [5.74, 6) is 0.864. The van der Waals surface area contributed by atoms with E-state index in [9.17, 15) is 4.79 Å². The molecule has 7 heteroatoms. The fourth-order valence-corrected chi connectivity index (χ4v) is 3.27. The van der Waals surface area contributed by atoms with E-state index in [1.807, 2.05) is 24.4 Å². The van der Waals surface area contributed by atoms with Gasteiger partial charge in [0, 0.05) is 25.7 Å². The van der Waals surface area contributed by atoms with Crippen LogP contribution in [0.4, 0.5) is 0 Å². The van der Waals surface area contributed by atoms with E-state index in [0.717, 1.165) is 37.7 Å². The Morgan fingerprint density at radius 3 is 2.96 bits per heavy atom. The predicted octanol–water partition coefficient (Wildman–Crippen LogP) is 2.16. The van der Waals surface area contributed by atoms with Gasteiger partial charge >= 0.3 is 0 Å². The molecule has 1 N–H and O–H groups in total. The van der Waals surface area contributed by atoms with Gasteiger partial charge in [0.15, 0.2) is 5.69 Å². The summed E-state index contributed by atoms with van der Waals surface area (Å²) in [6.45, 7) is 7.91. The molecule has 6 nitrogen and oxygen atoms in total. The molecule has 1 fully saturated rings. The molecule has 3 heterocycles. The van der Waals surface area contributed by atoms with Crippen molar-refractivity contribution < 1.29 is 13.9 Å². The fourth-order valence-electron chi connectivity index (χ4n) is 2.62. The summed E-state index contributed by atoms with van der Waals surface area (Å²) in [7, 11) is 0. The lowest BCUT2D eigenvalue weighted by molar-refractivity contribution is 0.0342. The molecule has 2 aromatic rings. The van der Waals surface area contributed by atoms with E-state index in [1.165, 1.54) is 0 Å². The molecule has 0 radical (unpaired) electrons. The molecular weight excluding hydrogens is 314 g/mol. The number of ether oxygens (including phenoxy) is 1. The number of carbonyl (C=O) groups is 1. The van der Waals surface area contributed by atoms with Gasteiger partial charge in [-0.05, 0) is 25.3 Å². The van der Waals surface area contributed by atoms with Crippen molar-refractivity contribution in [2.24, 2.45) is 0 Å². The van der Waals surface area contributed by atoms with Crippen molar-refractivity contribution in [3.05, 3.63) is 29.0 Å². The zero-order valence-corrected chi connectivity index (χ0v) is 14.2. The van der Waals surface area contributed by atoms with Crippen LogP contribution in [-0.2, 0) is 4.74 Å². The summed E-state index contributed by atoms with van der Waals surface area (Å²) in [4.78, 5) is 20.0. The zero-order chi connectivity index (χ0) is 16.2. The highest BCUT2D eigenvalue weighted by atomic mass is 32.1. The van der Waals surface area contributed by atoms with Gasteiger partial charge in [-0.3, -0.25) is 9.69 Å². The van der Waals surface area contributed by atoms with Crippen LogP contribution in [0.1, 0.15) is 23.2 Å². The molecule has 1 amide bonds. The van der Waals surface area contributed by atoms with Gasteiger partial charge in [-0.25, -0.2) is 4.98 Å². The topological polar surface area (TPSA) is 67.6 Å². The summed E-state index contributed by atoms with van der Waals surface area (Å²) in [5.41, 5.74) is 0.363. The van der Waals surface area contributed by atoms with Crippen LogP contribution >= 0.6 is 11.3 Å². The van der Waals surface area contributed by atoms with Gasteiger partial charge in [0.05, 0.1) is 18.1 Å². The van der Waals surface area contributed by atoms with Crippen molar-refractivity contribution in [1.82, 2.24) is 15.2 Å². The number of hydrogen-bond donors (Lipinski definition) is 1. The number of thiophene rings is 1. The standard InChI is InChI=1S/C16H21N3O3S/c1-11(10-19-5-7-21-8-6-19)17-15(20)14-12(2)22-16(18-14)13-4-3-9-23-13/h3-4,9,11H,5-8,10H2,1-2H3,(H,17,20)/t11-/m0/s1. The molecule has 3 rings (SSSR count). The Hall–Kier alpha value is -1.70. The van der Waals surface area contributed by atoms with Crippen molar-refractivity contribution in [2.75, 3.05) is 32.8 Å². The highest BCUT2D eigenvalue weighted by Gasteiger charge is 2.21. The van der Waals surface area contributed by atoms with E-state index in [-0.39, 0.29) is 11.9 Å². The Morgan fingerprint density at radius 2 is 2.26 bits per heavy atom. The van der Waals surface area contributed by atoms with Crippen molar-refractivity contribution in [3.8, 4) is 10.8 Å². The van der Waals surface area contributed by atoms with Crippen LogP contribution in [0.3, 0.4) is 0 Å². The first-order valence-corrected chi connectivity index (χ1v) is 8.63. The number of aryl methyl sites for hydroxylation is 1. The number of amides is 1. The van der Waals surface area contributed by atoms with Crippen molar-refractivity contribution in [2.45, 2.75) is 19.9 Å². The molecular formula is C16H21N3O3S. The maximum atomic E-state index is 12.4. The maximum Gasteiger partial charge on any atom is 0.273 e. The van der Waals surface area contributed by atoms with Crippen LogP contribution in [0.25, 0.3) is 10.8 Å². The summed E-state index contributed by atoms with van der Waals surface area (Å²) in [6.07, 6.45) is 0. The Morgan fingerprint density at radius 1 is 1.48 bits per heavy atom. The van der Waals surface area contributed by atoms with Gasteiger partial charge in [-0.2, -0.15) is 0 Å². The van der Waals surface area contributed by atoms with E-state index in [2.05, 4.69) is 15.2 Å². The van der Waals surface area contributed by atoms with Crippen LogP contribution in [0.5, 0.6) is 0 Å². The average molecular weight is 335 g/mol. The van der Waals surface area contributed by atoms with Gasteiger partial charge in [0.25, 0.3) is 5.91 Å². The third kappa shape index (κ3) is 3.99. The Kier molecular flexibility index (Phi) is 5.09. The minimum absolute atomic E-state index is 0.0434. The monoisotopic (exact) mass is 335 g/mol. The van der Waals surface area contributed by atoms with Gasteiger partial charge in [0.1, 0.15) is 5.76 Å². The normalized spacial score (nSPS) is 17.1. The molecule has 1 atom stereocenters. The van der Waals surface area contributed by atoms with Gasteiger partial charge in [-0.15, -0.1) is 11.3 Å². The predicted molar refractivity (Wildman–Crippen MR) is 88.7 cm³/mol. The number of oxazole rings is 1. The number of hydrogen-bond acceptors (Lipinski definition) is 6. The second-order valence-corrected chi connectivity index (χ2v) is 6.64. The van der Waals surface area contributed by atoms with E-state index >= 15 is 0 Å². The Balaban J connectivity index is 1.61. The zero-order valence-electron chi connectivity index (χ0n) is 13.4. The van der Waals surface area contributed by atoms with E-state index < -0.39 is 0 Å². The second kappa shape index (κ2) is 7.25. The first-order chi connectivity index (χ1) is 11.1. The van der Waals surface area contributed by atoms with Crippen LogP contribution in [0, 0.1) is 6.92 Å². The fraction of sp³-hybridized carbons (Fsp3) is 0.500. The van der Waals surface area contributed by atoms with Crippen LogP contribution in [0.2, 0.25) is 0 Å². The summed E-state index contributed by atoms with van der Waals surface area (Å²) in [5, 5.41) is 4.96. The maximum absolute atomic E-state index is 12.4. The van der Waals surface area contributed by atoms with Crippen molar-refractivity contribution >= 4 is 17.2 Å². The second-order valence-electron chi connectivity index (χ2n) is 5.69. The van der Waals surface area contributed by atoms with Crippen LogP contribution in [0.15, 0.2) is 21.9 Å². The lowest BCUT2D eigenvalue weighted by atomic mass is 10.2. The molecule has 0 aromatic carbocycles. The summed E-state index contributed by atoms with van der Waals surface area (Å²) in [6, 6.07) is 3.91. The molecule has 1 saturated heterocycles. The number of nitrogens with one attached hydrogen (secondary N) is 1. The Bertz CT molecular complexity index is 648. The van der Waals surface area contributed by atoms with Gasteiger partial charge < -0.3 is 14.5 Å². The summed E-state index contributed by atoms with van der Waals surface area (Å²) < 4.78 is 11.0. The van der Waals surface area contributed by atoms with Crippen LogP contribution in [-0.4, -0.2) is 54.7 Å². The molecule has 124 valence electrons. The summed E-state index contributed by atoms with van der Waals surface area (Å²) >= 11 is 1.54. The Labute approximate surface area is 139 Å². The quantitative estimate of drug-likeness (QED) is 0.907. The third-order valence-electron chi connectivity index (χ3n) is 3.76. The van der Waals surface area contributed by atoms with Gasteiger partial charge in [0.2, 0.25) is 5.89 Å². The van der Waals surface area contributed by atoms with Crippen molar-refractivity contribution in [1.29, 1.82) is 0 Å². The SMILES string of the molecule is Cc1oc(-c2cccs2)nc1C(=O)N[C@@H](C)CN1CCOCC1. The van der Waals surface area contributed by atoms with Crippen LogP contribution < -0.4 is 5.32 Å². The number of rotatable bonds is 5. The lowest BCUT2D eigenvalue weighted by Gasteiger charge is -2.29. The minimum Gasteiger partial charge on any atom is -0.440 e. The highest BCUT2D eigenvalue weighted by molar-refractivity contribution is 7.13.